The Hall–Kier alpha value is -0.690. The average molecular weight is 170 g/mol. The summed E-state index contributed by atoms with van der Waals surface area (Å²) >= 11 is 1.07. The van der Waals surface area contributed by atoms with Crippen LogP contribution >= 0.6 is 11.8 Å². The SMILES string of the molecule is N#CS[C@H]1CCCCNC1=O. The van der Waals surface area contributed by atoms with E-state index in [0.717, 1.165) is 37.6 Å². The largest absolute Gasteiger partial charge is 0.355 e. The van der Waals surface area contributed by atoms with Gasteiger partial charge in [0.05, 0.1) is 5.25 Å². The van der Waals surface area contributed by atoms with E-state index in [2.05, 4.69) is 5.32 Å². The van der Waals surface area contributed by atoms with Gasteiger partial charge in [-0.1, -0.05) is 6.42 Å². The van der Waals surface area contributed by atoms with Crippen molar-refractivity contribution >= 4 is 17.7 Å². The number of rotatable bonds is 1. The summed E-state index contributed by atoms with van der Waals surface area (Å²) in [6.07, 6.45) is 2.91. The molecule has 0 bridgehead atoms. The van der Waals surface area contributed by atoms with Crippen molar-refractivity contribution in [3.05, 3.63) is 0 Å². The number of nitriles is 1. The summed E-state index contributed by atoms with van der Waals surface area (Å²) in [6, 6.07) is 0. The zero-order valence-corrected chi connectivity index (χ0v) is 6.99. The van der Waals surface area contributed by atoms with Gasteiger partial charge >= 0.3 is 0 Å². The normalized spacial score (nSPS) is 25.0. The first-order valence-corrected chi connectivity index (χ1v) is 4.55. The fourth-order valence-corrected chi connectivity index (χ4v) is 1.69. The van der Waals surface area contributed by atoms with E-state index >= 15 is 0 Å². The third-order valence-corrected chi connectivity index (χ3v) is 2.52. The third kappa shape index (κ3) is 2.43. The lowest BCUT2D eigenvalue weighted by atomic mass is 10.2. The number of carbonyl (C=O) groups excluding carboxylic acids is 1. The van der Waals surface area contributed by atoms with E-state index in [1.807, 2.05) is 5.40 Å². The zero-order valence-electron chi connectivity index (χ0n) is 6.17. The molecule has 0 aromatic carbocycles. The summed E-state index contributed by atoms with van der Waals surface area (Å²) in [5.41, 5.74) is 0. The minimum absolute atomic E-state index is 0.0223. The highest BCUT2D eigenvalue weighted by molar-refractivity contribution is 8.04. The van der Waals surface area contributed by atoms with E-state index in [9.17, 15) is 4.79 Å². The van der Waals surface area contributed by atoms with Crippen LogP contribution in [0.2, 0.25) is 0 Å². The molecule has 1 aliphatic heterocycles. The van der Waals surface area contributed by atoms with Gasteiger partial charge in [0.2, 0.25) is 5.91 Å². The van der Waals surface area contributed by atoms with Crippen LogP contribution in [0.25, 0.3) is 0 Å². The third-order valence-electron chi connectivity index (χ3n) is 1.68. The van der Waals surface area contributed by atoms with Crippen LogP contribution in [0.5, 0.6) is 0 Å². The molecular formula is C7H10N2OS. The van der Waals surface area contributed by atoms with Crippen molar-refractivity contribution < 1.29 is 4.79 Å². The van der Waals surface area contributed by atoms with Gasteiger partial charge in [0, 0.05) is 6.54 Å². The second-order valence-corrected chi connectivity index (χ2v) is 3.47. The molecule has 1 amide bonds. The molecular weight excluding hydrogens is 160 g/mol. The molecule has 3 nitrogen and oxygen atoms in total. The van der Waals surface area contributed by atoms with E-state index in [-0.39, 0.29) is 11.2 Å². The van der Waals surface area contributed by atoms with Gasteiger partial charge in [0.25, 0.3) is 0 Å². The summed E-state index contributed by atoms with van der Waals surface area (Å²) in [7, 11) is 0. The van der Waals surface area contributed by atoms with Crippen LogP contribution < -0.4 is 5.32 Å². The number of amides is 1. The number of thiocyanates is 1. The average Bonchev–Trinajstić information content (AvgIpc) is 2.18. The number of nitrogens with one attached hydrogen (secondary N) is 1. The molecule has 0 unspecified atom stereocenters. The Labute approximate surface area is 70.2 Å². The molecule has 0 saturated carbocycles. The number of hydrogen-bond acceptors (Lipinski definition) is 3. The van der Waals surface area contributed by atoms with E-state index in [0.29, 0.717) is 0 Å². The predicted molar refractivity (Wildman–Crippen MR) is 43.9 cm³/mol. The Bertz CT molecular complexity index is 187. The fraction of sp³-hybridized carbons (Fsp3) is 0.714. The van der Waals surface area contributed by atoms with Crippen LogP contribution in [-0.4, -0.2) is 17.7 Å². The van der Waals surface area contributed by atoms with E-state index in [4.69, 9.17) is 5.26 Å². The van der Waals surface area contributed by atoms with Gasteiger partial charge in [-0.05, 0) is 24.6 Å². The van der Waals surface area contributed by atoms with Crippen molar-refractivity contribution in [2.75, 3.05) is 6.54 Å². The molecule has 0 aromatic heterocycles. The Morgan fingerprint density at radius 3 is 3.18 bits per heavy atom. The maximum absolute atomic E-state index is 11.1. The predicted octanol–water partition coefficient (Wildman–Crippen LogP) is 0.869. The highest BCUT2D eigenvalue weighted by Crippen LogP contribution is 2.18. The summed E-state index contributed by atoms with van der Waals surface area (Å²) in [6.45, 7) is 0.765. The first kappa shape index (κ1) is 8.41. The second kappa shape index (κ2) is 4.24. The van der Waals surface area contributed by atoms with Crippen molar-refractivity contribution in [3.8, 4) is 5.40 Å². The summed E-state index contributed by atoms with van der Waals surface area (Å²) < 4.78 is 0. The first-order valence-electron chi connectivity index (χ1n) is 3.67. The minimum Gasteiger partial charge on any atom is -0.355 e. The Balaban J connectivity index is 2.47. The van der Waals surface area contributed by atoms with Gasteiger partial charge < -0.3 is 5.32 Å². The Morgan fingerprint density at radius 1 is 1.64 bits per heavy atom. The van der Waals surface area contributed by atoms with Gasteiger partial charge in [0.1, 0.15) is 5.40 Å². The Morgan fingerprint density at radius 2 is 2.45 bits per heavy atom. The smallest absolute Gasteiger partial charge is 0.234 e. The molecule has 1 atom stereocenters. The quantitative estimate of drug-likeness (QED) is 0.594. The number of hydrogen-bond donors (Lipinski definition) is 1. The molecule has 1 saturated heterocycles. The highest BCUT2D eigenvalue weighted by Gasteiger charge is 2.20. The van der Waals surface area contributed by atoms with Crippen LogP contribution in [0, 0.1) is 10.7 Å². The molecule has 1 N–H and O–H groups in total. The highest BCUT2D eigenvalue weighted by atomic mass is 32.2. The lowest BCUT2D eigenvalue weighted by Crippen LogP contribution is -2.30. The van der Waals surface area contributed by atoms with Gasteiger partial charge in [-0.3, -0.25) is 4.79 Å². The van der Waals surface area contributed by atoms with Crippen LogP contribution in [0.15, 0.2) is 0 Å². The summed E-state index contributed by atoms with van der Waals surface area (Å²) in [5, 5.41) is 12.9. The maximum Gasteiger partial charge on any atom is 0.234 e. The van der Waals surface area contributed by atoms with Crippen molar-refractivity contribution in [3.63, 3.8) is 0 Å². The second-order valence-electron chi connectivity index (χ2n) is 2.48. The molecule has 1 heterocycles. The van der Waals surface area contributed by atoms with E-state index < -0.39 is 0 Å². The molecule has 0 radical (unpaired) electrons. The summed E-state index contributed by atoms with van der Waals surface area (Å²) in [5.74, 6) is 0.0223. The van der Waals surface area contributed by atoms with Gasteiger partial charge in [-0.15, -0.1) is 0 Å². The minimum atomic E-state index is -0.137. The number of nitrogens with zero attached hydrogens (tertiary/aromatic N) is 1. The molecule has 4 heteroatoms. The van der Waals surface area contributed by atoms with Crippen LogP contribution in [0.4, 0.5) is 0 Å². The van der Waals surface area contributed by atoms with Gasteiger partial charge in [-0.25, -0.2) is 0 Å². The van der Waals surface area contributed by atoms with Crippen molar-refractivity contribution in [2.24, 2.45) is 0 Å². The maximum atomic E-state index is 11.1. The van der Waals surface area contributed by atoms with Gasteiger partial charge in [-0.2, -0.15) is 5.26 Å². The zero-order chi connectivity index (χ0) is 8.10. The topological polar surface area (TPSA) is 52.9 Å². The number of carbonyl (C=O) groups is 1. The van der Waals surface area contributed by atoms with Crippen LogP contribution in [-0.2, 0) is 4.79 Å². The molecule has 60 valence electrons. The standard InChI is InChI=1S/C7H10N2OS/c8-5-11-6-3-1-2-4-9-7(6)10/h6H,1-4H2,(H,9,10)/t6-/m0/s1. The first-order chi connectivity index (χ1) is 5.34. The molecule has 1 fully saturated rings. The Kier molecular flexibility index (Phi) is 3.24. The van der Waals surface area contributed by atoms with E-state index in [1.54, 1.807) is 0 Å². The lowest BCUT2D eigenvalue weighted by Gasteiger charge is -2.05. The monoisotopic (exact) mass is 170 g/mol. The fourth-order valence-electron chi connectivity index (χ4n) is 1.09. The molecule has 0 spiro atoms. The molecule has 1 aliphatic rings. The van der Waals surface area contributed by atoms with Crippen LogP contribution in [0.1, 0.15) is 19.3 Å². The molecule has 11 heavy (non-hydrogen) atoms. The molecule has 0 aromatic rings. The van der Waals surface area contributed by atoms with Crippen molar-refractivity contribution in [1.29, 1.82) is 5.26 Å². The molecule has 1 rings (SSSR count). The van der Waals surface area contributed by atoms with Crippen LogP contribution in [0.3, 0.4) is 0 Å². The van der Waals surface area contributed by atoms with Crippen molar-refractivity contribution in [1.82, 2.24) is 5.32 Å². The van der Waals surface area contributed by atoms with Gasteiger partial charge in [0.15, 0.2) is 0 Å². The van der Waals surface area contributed by atoms with Crippen molar-refractivity contribution in [2.45, 2.75) is 24.5 Å². The molecule has 0 aliphatic carbocycles. The van der Waals surface area contributed by atoms with E-state index in [1.165, 1.54) is 0 Å². The summed E-state index contributed by atoms with van der Waals surface area (Å²) in [4.78, 5) is 11.1. The lowest BCUT2D eigenvalue weighted by molar-refractivity contribution is -0.120. The number of thioether (sulfide) groups is 1.